The van der Waals surface area contributed by atoms with Gasteiger partial charge in [-0.3, -0.25) is 9.59 Å². The Bertz CT molecular complexity index is 1440. The molecule has 1 saturated carbocycles. The predicted molar refractivity (Wildman–Crippen MR) is 144 cm³/mol. The average Bonchev–Trinajstić information content (AvgIpc) is 3.54. The third-order valence-corrected chi connectivity index (χ3v) is 8.20. The molecule has 4 atom stereocenters. The van der Waals surface area contributed by atoms with Crippen LogP contribution in [0.3, 0.4) is 0 Å². The summed E-state index contributed by atoms with van der Waals surface area (Å²) < 4.78 is 5.76. The zero-order chi connectivity index (χ0) is 26.9. The van der Waals surface area contributed by atoms with E-state index in [1.165, 1.54) is 35.1 Å². The van der Waals surface area contributed by atoms with Gasteiger partial charge in [0, 0.05) is 23.8 Å². The number of rotatable bonds is 7. The first-order valence-corrected chi connectivity index (χ1v) is 13.4. The van der Waals surface area contributed by atoms with Gasteiger partial charge >= 0.3 is 6.03 Å². The minimum absolute atomic E-state index is 0.163. The lowest BCUT2D eigenvalue weighted by Gasteiger charge is -2.33. The van der Waals surface area contributed by atoms with E-state index in [-0.39, 0.29) is 29.8 Å². The van der Waals surface area contributed by atoms with Crippen LogP contribution >= 0.6 is 11.8 Å². The van der Waals surface area contributed by atoms with Crippen LogP contribution in [-0.4, -0.2) is 50.1 Å². The molecule has 1 fully saturated rings. The molecule has 0 radical (unpaired) electrons. The van der Waals surface area contributed by atoms with Gasteiger partial charge in [0.2, 0.25) is 17.8 Å². The van der Waals surface area contributed by atoms with Crippen molar-refractivity contribution in [2.45, 2.75) is 47.7 Å². The van der Waals surface area contributed by atoms with E-state index in [2.05, 4.69) is 37.5 Å². The summed E-state index contributed by atoms with van der Waals surface area (Å²) >= 11 is 1.31. The van der Waals surface area contributed by atoms with Crippen LogP contribution in [0.2, 0.25) is 0 Å². The zero-order valence-electron chi connectivity index (χ0n) is 20.7. The number of nitrogens with zero attached hydrogens (tertiary/aromatic N) is 4. The Kier molecular flexibility index (Phi) is 6.61. The predicted octanol–water partition coefficient (Wildman–Crippen LogP) is 3.38. The molecular weight excluding hydrogens is 518 g/mol. The second-order valence-corrected chi connectivity index (χ2v) is 10.5. The minimum atomic E-state index is -0.612. The summed E-state index contributed by atoms with van der Waals surface area (Å²) in [5.74, 6) is 0.768. The summed E-state index contributed by atoms with van der Waals surface area (Å²) in [6, 6.07) is 9.61. The van der Waals surface area contributed by atoms with Gasteiger partial charge in [-0.1, -0.05) is 36.5 Å². The SMILES string of the molecule is C=CC(=O)N[C@H]1CCC[C@H]1NC(=O)C1Sc2nccc3c2C1NC(=O)N3c1ncc(Oc2ccccc2)cn1. The fourth-order valence-corrected chi connectivity index (χ4v) is 6.37. The van der Waals surface area contributed by atoms with Crippen molar-refractivity contribution >= 4 is 41.2 Å². The normalized spacial score (nSPS) is 23.0. The Morgan fingerprint density at radius 3 is 2.54 bits per heavy atom. The number of ether oxygens (including phenoxy) is 1. The van der Waals surface area contributed by atoms with Crippen molar-refractivity contribution in [3.63, 3.8) is 0 Å². The second kappa shape index (κ2) is 10.4. The van der Waals surface area contributed by atoms with Gasteiger partial charge in [-0.25, -0.2) is 24.6 Å². The van der Waals surface area contributed by atoms with Crippen molar-refractivity contribution in [3.05, 3.63) is 73.2 Å². The van der Waals surface area contributed by atoms with Crippen LogP contribution in [-0.2, 0) is 9.59 Å². The van der Waals surface area contributed by atoms with Crippen LogP contribution in [0.4, 0.5) is 16.4 Å². The largest absolute Gasteiger partial charge is 0.454 e. The lowest BCUT2D eigenvalue weighted by molar-refractivity contribution is -0.122. The van der Waals surface area contributed by atoms with E-state index in [0.717, 1.165) is 24.8 Å². The van der Waals surface area contributed by atoms with Crippen molar-refractivity contribution in [3.8, 4) is 11.5 Å². The van der Waals surface area contributed by atoms with Gasteiger partial charge in [-0.05, 0) is 43.5 Å². The fourth-order valence-electron chi connectivity index (χ4n) is 5.14. The molecule has 2 unspecified atom stereocenters. The van der Waals surface area contributed by atoms with Crippen LogP contribution in [0.25, 0.3) is 0 Å². The quantitative estimate of drug-likeness (QED) is 0.386. The first kappa shape index (κ1) is 24.9. The highest BCUT2D eigenvalue weighted by molar-refractivity contribution is 8.01. The number of pyridine rings is 1. The lowest BCUT2D eigenvalue weighted by atomic mass is 10.00. The standard InChI is InChI=1S/C27H25N7O4S/c1-2-20(35)31-17-9-6-10-18(17)32-24(36)23-22-21-19(11-12-28-25(21)39-23)34(27(37)33-22)26-29-13-16(14-30-26)38-15-7-4-3-5-8-15/h2-5,7-8,11-14,17-18,22-23H,1,6,9-10H2,(H,31,35)(H,32,36)(H,33,37)/t17-,18+,22?,23?/m0/s1. The first-order valence-electron chi connectivity index (χ1n) is 12.6. The molecule has 4 amide bonds. The van der Waals surface area contributed by atoms with E-state index < -0.39 is 17.3 Å². The number of thioether (sulfide) groups is 1. The first-order chi connectivity index (χ1) is 19.0. The van der Waals surface area contributed by atoms with E-state index in [4.69, 9.17) is 4.74 Å². The molecule has 0 spiro atoms. The van der Waals surface area contributed by atoms with Gasteiger partial charge in [0.1, 0.15) is 16.0 Å². The van der Waals surface area contributed by atoms with Crippen LogP contribution in [0.1, 0.15) is 30.9 Å². The lowest BCUT2D eigenvalue weighted by Crippen LogP contribution is -2.53. The number of carbonyl (C=O) groups is 3. The molecule has 12 heteroatoms. The Balaban J connectivity index is 1.21. The van der Waals surface area contributed by atoms with E-state index in [1.807, 2.05) is 30.3 Å². The van der Waals surface area contributed by atoms with Crippen molar-refractivity contribution in [1.82, 2.24) is 30.9 Å². The summed E-state index contributed by atoms with van der Waals surface area (Å²) in [6.07, 6.45) is 8.27. The van der Waals surface area contributed by atoms with Crippen LogP contribution in [0.15, 0.2) is 72.7 Å². The number of hydrogen-bond donors (Lipinski definition) is 3. The molecular formula is C27H25N7O4S. The number of aromatic nitrogens is 3. The van der Waals surface area contributed by atoms with Crippen molar-refractivity contribution in [2.24, 2.45) is 0 Å². The molecule has 198 valence electrons. The van der Waals surface area contributed by atoms with Gasteiger partial charge in [-0.15, -0.1) is 0 Å². The molecule has 39 heavy (non-hydrogen) atoms. The molecule has 1 aromatic carbocycles. The number of anilines is 2. The smallest absolute Gasteiger partial charge is 0.329 e. The third kappa shape index (κ3) is 4.78. The highest BCUT2D eigenvalue weighted by Gasteiger charge is 2.47. The molecule has 2 aromatic heterocycles. The van der Waals surface area contributed by atoms with E-state index in [0.29, 0.717) is 22.2 Å². The number of benzene rings is 1. The molecule has 3 aromatic rings. The monoisotopic (exact) mass is 543 g/mol. The topological polar surface area (TPSA) is 138 Å². The van der Waals surface area contributed by atoms with Crippen molar-refractivity contribution in [1.29, 1.82) is 0 Å². The fraction of sp³-hybridized carbons (Fsp3) is 0.259. The molecule has 6 rings (SSSR count). The number of carbonyl (C=O) groups excluding carboxylic acids is 3. The summed E-state index contributed by atoms with van der Waals surface area (Å²) in [5, 5.41) is 8.99. The van der Waals surface area contributed by atoms with E-state index in [1.54, 1.807) is 12.3 Å². The summed E-state index contributed by atoms with van der Waals surface area (Å²) in [4.78, 5) is 53.1. The van der Waals surface area contributed by atoms with Crippen LogP contribution in [0, 0.1) is 0 Å². The maximum atomic E-state index is 13.4. The Hall–Kier alpha value is -4.45. The third-order valence-electron chi connectivity index (χ3n) is 6.91. The van der Waals surface area contributed by atoms with Crippen LogP contribution < -0.4 is 25.6 Å². The van der Waals surface area contributed by atoms with Gasteiger partial charge in [-0.2, -0.15) is 0 Å². The Labute approximate surface area is 228 Å². The number of amides is 4. The number of urea groups is 1. The van der Waals surface area contributed by atoms with Gasteiger partial charge < -0.3 is 20.7 Å². The molecule has 11 nitrogen and oxygen atoms in total. The number of para-hydroxylation sites is 1. The zero-order valence-corrected chi connectivity index (χ0v) is 21.6. The second-order valence-electron chi connectivity index (χ2n) is 9.35. The van der Waals surface area contributed by atoms with Crippen LogP contribution in [0.5, 0.6) is 11.5 Å². The highest BCUT2D eigenvalue weighted by atomic mass is 32.2. The minimum Gasteiger partial charge on any atom is -0.454 e. The summed E-state index contributed by atoms with van der Waals surface area (Å²) in [5.41, 5.74) is 1.32. The molecule has 0 bridgehead atoms. The molecule has 1 aliphatic carbocycles. The van der Waals surface area contributed by atoms with Crippen molar-refractivity contribution < 1.29 is 19.1 Å². The highest BCUT2D eigenvalue weighted by Crippen LogP contribution is 2.50. The average molecular weight is 544 g/mol. The Morgan fingerprint density at radius 1 is 1.05 bits per heavy atom. The number of hydrogen-bond acceptors (Lipinski definition) is 8. The maximum absolute atomic E-state index is 13.4. The Morgan fingerprint density at radius 2 is 1.79 bits per heavy atom. The molecule has 4 heterocycles. The summed E-state index contributed by atoms with van der Waals surface area (Å²) in [7, 11) is 0. The number of nitrogens with one attached hydrogen (secondary N) is 3. The van der Waals surface area contributed by atoms with Gasteiger partial charge in [0.15, 0.2) is 5.75 Å². The van der Waals surface area contributed by atoms with E-state index in [9.17, 15) is 14.4 Å². The maximum Gasteiger partial charge on any atom is 0.329 e. The summed E-state index contributed by atoms with van der Waals surface area (Å²) in [6.45, 7) is 3.50. The molecule has 3 aliphatic rings. The molecule has 0 saturated heterocycles. The van der Waals surface area contributed by atoms with Gasteiger partial charge in [0.25, 0.3) is 0 Å². The molecule has 2 aliphatic heterocycles. The molecule has 3 N–H and O–H groups in total. The van der Waals surface area contributed by atoms with E-state index >= 15 is 0 Å². The van der Waals surface area contributed by atoms with Crippen molar-refractivity contribution in [2.75, 3.05) is 4.90 Å². The van der Waals surface area contributed by atoms with Gasteiger partial charge in [0.05, 0.1) is 24.1 Å².